The van der Waals surface area contributed by atoms with Crippen molar-refractivity contribution in [2.24, 2.45) is 11.7 Å². The maximum Gasteiger partial charge on any atom is 0.245 e. The second kappa shape index (κ2) is 5.81. The normalized spacial score (nSPS) is 25.5. The van der Waals surface area contributed by atoms with Crippen molar-refractivity contribution in [3.8, 4) is 0 Å². The first-order valence-corrected chi connectivity index (χ1v) is 9.09. The zero-order chi connectivity index (χ0) is 14.2. The predicted octanol–water partition coefficient (Wildman–Crippen LogP) is 2.92. The minimum Gasteiger partial charge on any atom is -0.315 e. The summed E-state index contributed by atoms with van der Waals surface area (Å²) in [6.45, 7) is 2.47. The van der Waals surface area contributed by atoms with Crippen LogP contribution in [0.25, 0.3) is 0 Å². The molecule has 0 spiro atoms. The second-order valence-corrected chi connectivity index (χ2v) is 8.43. The van der Waals surface area contributed by atoms with Gasteiger partial charge in [0, 0.05) is 15.5 Å². The third kappa shape index (κ3) is 3.05. The first-order chi connectivity index (χ1) is 8.84. The Balaban J connectivity index is 2.44. The van der Waals surface area contributed by atoms with Crippen LogP contribution < -0.4 is 5.73 Å². The number of rotatable bonds is 2. The lowest BCUT2D eigenvalue weighted by Gasteiger charge is -2.36. The summed E-state index contributed by atoms with van der Waals surface area (Å²) in [6, 6.07) is 5.11. The number of nitrogens with zero attached hydrogens (tertiary/aromatic N) is 1. The van der Waals surface area contributed by atoms with Gasteiger partial charge >= 0.3 is 0 Å². The Kier molecular flexibility index (Phi) is 4.72. The summed E-state index contributed by atoms with van der Waals surface area (Å²) in [6.07, 6.45) is 1.36. The molecular weight excluding hydrogens is 396 g/mol. The van der Waals surface area contributed by atoms with E-state index in [2.05, 4.69) is 31.9 Å². The molecule has 1 aliphatic heterocycles. The zero-order valence-corrected chi connectivity index (χ0v) is 14.5. The molecule has 1 saturated heterocycles. The molecule has 2 N–H and O–H groups in total. The third-order valence-corrected chi connectivity index (χ3v) is 6.82. The highest BCUT2D eigenvalue weighted by Gasteiger charge is 2.36. The highest BCUT2D eigenvalue weighted by Crippen LogP contribution is 2.32. The van der Waals surface area contributed by atoms with E-state index in [0.717, 1.165) is 17.3 Å². The van der Waals surface area contributed by atoms with Crippen molar-refractivity contribution in [2.75, 3.05) is 6.54 Å². The minimum atomic E-state index is -3.57. The van der Waals surface area contributed by atoms with Crippen molar-refractivity contribution < 1.29 is 8.42 Å². The molecule has 2 rings (SSSR count). The Bertz CT molecular complexity index is 577. The van der Waals surface area contributed by atoms with Crippen molar-refractivity contribution in [3.63, 3.8) is 0 Å². The van der Waals surface area contributed by atoms with E-state index in [1.165, 1.54) is 4.31 Å². The van der Waals surface area contributed by atoms with E-state index in [1.807, 2.05) is 6.92 Å². The molecule has 1 aliphatic rings. The van der Waals surface area contributed by atoms with Gasteiger partial charge in [0.25, 0.3) is 0 Å². The topological polar surface area (TPSA) is 63.4 Å². The fourth-order valence-corrected chi connectivity index (χ4v) is 5.37. The van der Waals surface area contributed by atoms with Crippen LogP contribution in [0, 0.1) is 5.92 Å². The van der Waals surface area contributed by atoms with Gasteiger partial charge in [-0.25, -0.2) is 8.42 Å². The molecular formula is C12H16Br2N2O2S. The number of sulfonamides is 1. The van der Waals surface area contributed by atoms with Gasteiger partial charge < -0.3 is 5.73 Å². The van der Waals surface area contributed by atoms with E-state index < -0.39 is 16.2 Å². The zero-order valence-electron chi connectivity index (χ0n) is 10.5. The second-order valence-electron chi connectivity index (χ2n) is 4.80. The molecule has 1 heterocycles. The van der Waals surface area contributed by atoms with Crippen LogP contribution in [0.4, 0.5) is 0 Å². The van der Waals surface area contributed by atoms with Crippen molar-refractivity contribution in [1.82, 2.24) is 4.31 Å². The molecule has 1 aromatic rings. The molecule has 0 bridgehead atoms. The van der Waals surface area contributed by atoms with Crippen molar-refractivity contribution in [1.29, 1.82) is 0 Å². The molecule has 1 aromatic carbocycles. The quantitative estimate of drug-likeness (QED) is 0.813. The molecule has 2 atom stereocenters. The number of hydrogen-bond acceptors (Lipinski definition) is 3. The maximum atomic E-state index is 12.7. The Morgan fingerprint density at radius 1 is 1.37 bits per heavy atom. The fraction of sp³-hybridized carbons (Fsp3) is 0.500. The van der Waals surface area contributed by atoms with Crippen LogP contribution in [0.3, 0.4) is 0 Å². The van der Waals surface area contributed by atoms with Crippen LogP contribution >= 0.6 is 31.9 Å². The lowest BCUT2D eigenvalue weighted by Crippen LogP contribution is -2.52. The molecule has 0 radical (unpaired) electrons. The number of nitrogens with two attached hydrogens (primary N) is 1. The van der Waals surface area contributed by atoms with Crippen LogP contribution in [0.5, 0.6) is 0 Å². The number of hydrogen-bond donors (Lipinski definition) is 1. The highest BCUT2D eigenvalue weighted by atomic mass is 79.9. The molecule has 0 aliphatic carbocycles. The van der Waals surface area contributed by atoms with Gasteiger partial charge in [-0.1, -0.05) is 22.9 Å². The third-order valence-electron chi connectivity index (χ3n) is 3.43. The minimum absolute atomic E-state index is 0.175. The lowest BCUT2D eigenvalue weighted by molar-refractivity contribution is 0.192. The Morgan fingerprint density at radius 3 is 2.74 bits per heavy atom. The highest BCUT2D eigenvalue weighted by molar-refractivity contribution is 9.11. The van der Waals surface area contributed by atoms with Crippen LogP contribution in [0.2, 0.25) is 0 Å². The summed E-state index contributed by atoms with van der Waals surface area (Å²) in [5.41, 5.74) is 6.05. The van der Waals surface area contributed by atoms with Crippen LogP contribution in [0.1, 0.15) is 19.8 Å². The van der Waals surface area contributed by atoms with Crippen LogP contribution in [-0.2, 0) is 10.0 Å². The van der Waals surface area contributed by atoms with E-state index in [9.17, 15) is 8.42 Å². The lowest BCUT2D eigenvalue weighted by atomic mass is 9.99. The van der Waals surface area contributed by atoms with Crippen molar-refractivity contribution >= 4 is 41.9 Å². The largest absolute Gasteiger partial charge is 0.315 e. The molecule has 1 fully saturated rings. The number of benzene rings is 1. The number of halogens is 2. The van der Waals surface area contributed by atoms with E-state index in [4.69, 9.17) is 5.73 Å². The van der Waals surface area contributed by atoms with Crippen molar-refractivity contribution in [2.45, 2.75) is 30.8 Å². The average molecular weight is 412 g/mol. The standard InChI is InChI=1S/C12H16Br2N2O2S/c1-8-3-2-6-16(12(8)15)19(17,18)11-7-9(13)4-5-10(11)14/h4-5,7-8,12H,2-3,6,15H2,1H3. The van der Waals surface area contributed by atoms with E-state index >= 15 is 0 Å². The van der Waals surface area contributed by atoms with E-state index in [0.29, 0.717) is 11.0 Å². The van der Waals surface area contributed by atoms with Crippen LogP contribution in [-0.4, -0.2) is 25.4 Å². The summed E-state index contributed by atoms with van der Waals surface area (Å²) in [4.78, 5) is 0.256. The van der Waals surface area contributed by atoms with Gasteiger partial charge in [0.1, 0.15) is 0 Å². The van der Waals surface area contributed by atoms with E-state index in [1.54, 1.807) is 18.2 Å². The van der Waals surface area contributed by atoms with Gasteiger partial charge in [-0.05, 0) is 52.9 Å². The maximum absolute atomic E-state index is 12.7. The summed E-state index contributed by atoms with van der Waals surface area (Å²) in [5.74, 6) is 0.175. The Hall–Kier alpha value is 0.0500. The summed E-state index contributed by atoms with van der Waals surface area (Å²) < 4.78 is 28.1. The fourth-order valence-electron chi connectivity index (χ4n) is 2.25. The van der Waals surface area contributed by atoms with Gasteiger partial charge in [-0.3, -0.25) is 0 Å². The van der Waals surface area contributed by atoms with Gasteiger partial charge in [0.05, 0.1) is 11.1 Å². The first kappa shape index (κ1) is 15.4. The van der Waals surface area contributed by atoms with Gasteiger partial charge in [0.2, 0.25) is 10.0 Å². The number of piperidine rings is 1. The van der Waals surface area contributed by atoms with Crippen molar-refractivity contribution in [3.05, 3.63) is 27.1 Å². The summed E-state index contributed by atoms with van der Waals surface area (Å²) in [5, 5.41) is 0. The summed E-state index contributed by atoms with van der Waals surface area (Å²) >= 11 is 6.61. The molecule has 106 valence electrons. The van der Waals surface area contributed by atoms with Crippen LogP contribution in [0.15, 0.2) is 32.0 Å². The molecule has 19 heavy (non-hydrogen) atoms. The van der Waals surface area contributed by atoms with E-state index in [-0.39, 0.29) is 10.8 Å². The van der Waals surface area contributed by atoms with Gasteiger partial charge in [-0.15, -0.1) is 0 Å². The molecule has 7 heteroatoms. The van der Waals surface area contributed by atoms with Gasteiger partial charge in [0.15, 0.2) is 0 Å². The average Bonchev–Trinajstić information content (AvgIpc) is 2.35. The Labute approximate surface area is 130 Å². The summed E-state index contributed by atoms with van der Waals surface area (Å²) in [7, 11) is -3.57. The predicted molar refractivity (Wildman–Crippen MR) is 82.1 cm³/mol. The SMILES string of the molecule is CC1CCCN(S(=O)(=O)c2cc(Br)ccc2Br)C1N. The first-order valence-electron chi connectivity index (χ1n) is 6.06. The Morgan fingerprint density at radius 2 is 2.05 bits per heavy atom. The molecule has 2 unspecified atom stereocenters. The molecule has 0 amide bonds. The molecule has 4 nitrogen and oxygen atoms in total. The van der Waals surface area contributed by atoms with Gasteiger partial charge in [-0.2, -0.15) is 4.31 Å². The monoisotopic (exact) mass is 410 g/mol. The molecule has 0 saturated carbocycles. The molecule has 0 aromatic heterocycles. The smallest absolute Gasteiger partial charge is 0.245 e.